The minimum absolute atomic E-state index is 0.176. The van der Waals surface area contributed by atoms with Gasteiger partial charge < -0.3 is 15.7 Å². The Bertz CT molecular complexity index is 420. The predicted octanol–water partition coefficient (Wildman–Crippen LogP) is 2.72. The van der Waals surface area contributed by atoms with Gasteiger partial charge in [0.15, 0.2) is 0 Å². The highest BCUT2D eigenvalue weighted by atomic mass is 79.9. The van der Waals surface area contributed by atoms with Gasteiger partial charge in [-0.3, -0.25) is 0 Å². The first-order valence-electron chi connectivity index (χ1n) is 6.10. The number of hydrogen-bond donors (Lipinski definition) is 3. The summed E-state index contributed by atoms with van der Waals surface area (Å²) in [5.41, 5.74) is 0.696. The summed E-state index contributed by atoms with van der Waals surface area (Å²) in [5.74, 6) is -0.353. The first kappa shape index (κ1) is 15.9. The number of benzene rings is 1. The third kappa shape index (κ3) is 5.57. The van der Waals surface area contributed by atoms with E-state index in [1.165, 1.54) is 12.1 Å². The average molecular weight is 333 g/mol. The van der Waals surface area contributed by atoms with Crippen LogP contribution in [0.15, 0.2) is 22.7 Å². The van der Waals surface area contributed by atoms with Gasteiger partial charge in [0.05, 0.1) is 12.1 Å². The van der Waals surface area contributed by atoms with Crippen LogP contribution in [-0.4, -0.2) is 23.8 Å². The molecule has 0 aliphatic carbocycles. The standard InChI is InChI=1S/C13H18BrFN2O2/c1-3-12(17-13(19)16-7-8(2)18)9-4-10(14)6-11(15)5-9/h4-6,8,12,18H,3,7H2,1-2H3,(H2,16,17,19)/t8-,12+/m1/s1. The van der Waals surface area contributed by atoms with Crippen molar-refractivity contribution in [2.75, 3.05) is 6.54 Å². The fraction of sp³-hybridized carbons (Fsp3) is 0.462. The fourth-order valence-electron chi connectivity index (χ4n) is 1.65. The molecule has 2 atom stereocenters. The lowest BCUT2D eigenvalue weighted by atomic mass is 10.0. The number of amides is 2. The maximum absolute atomic E-state index is 13.3. The molecule has 0 heterocycles. The normalized spacial score (nSPS) is 13.7. The third-order valence-electron chi connectivity index (χ3n) is 2.56. The number of carbonyl (C=O) groups is 1. The Kier molecular flexibility index (Phi) is 6.24. The smallest absolute Gasteiger partial charge is 0.315 e. The van der Waals surface area contributed by atoms with Crippen molar-refractivity contribution < 1.29 is 14.3 Å². The molecule has 1 aromatic carbocycles. The van der Waals surface area contributed by atoms with E-state index in [9.17, 15) is 9.18 Å². The lowest BCUT2D eigenvalue weighted by Crippen LogP contribution is -2.40. The number of rotatable bonds is 5. The maximum atomic E-state index is 13.3. The number of nitrogens with one attached hydrogen (secondary N) is 2. The maximum Gasteiger partial charge on any atom is 0.315 e. The molecule has 0 radical (unpaired) electrons. The monoisotopic (exact) mass is 332 g/mol. The summed E-state index contributed by atoms with van der Waals surface area (Å²) in [6.07, 6.45) is 0.0342. The van der Waals surface area contributed by atoms with Crippen LogP contribution in [0.1, 0.15) is 31.9 Å². The number of aliphatic hydroxyl groups is 1. The molecular weight excluding hydrogens is 315 g/mol. The highest BCUT2D eigenvalue weighted by Gasteiger charge is 2.14. The summed E-state index contributed by atoms with van der Waals surface area (Å²) in [6.45, 7) is 3.66. The molecule has 0 aromatic heterocycles. The van der Waals surface area contributed by atoms with Crippen molar-refractivity contribution in [3.8, 4) is 0 Å². The largest absolute Gasteiger partial charge is 0.392 e. The van der Waals surface area contributed by atoms with Gasteiger partial charge in [-0.05, 0) is 37.1 Å². The molecule has 0 aliphatic rings. The molecule has 0 saturated heterocycles. The molecular formula is C13H18BrFN2O2. The van der Waals surface area contributed by atoms with E-state index < -0.39 is 6.10 Å². The molecule has 0 aliphatic heterocycles. The fourth-order valence-corrected chi connectivity index (χ4v) is 2.13. The second-order valence-electron chi connectivity index (χ2n) is 4.37. The van der Waals surface area contributed by atoms with Crippen molar-refractivity contribution in [3.63, 3.8) is 0 Å². The Morgan fingerprint density at radius 1 is 1.47 bits per heavy atom. The van der Waals surface area contributed by atoms with Crippen molar-refractivity contribution in [2.45, 2.75) is 32.4 Å². The number of aliphatic hydroxyl groups excluding tert-OH is 1. The Morgan fingerprint density at radius 3 is 2.68 bits per heavy atom. The molecule has 0 spiro atoms. The number of urea groups is 1. The van der Waals surface area contributed by atoms with Crippen molar-refractivity contribution in [1.29, 1.82) is 0 Å². The van der Waals surface area contributed by atoms with Crippen LogP contribution in [-0.2, 0) is 0 Å². The Balaban J connectivity index is 2.69. The Labute approximate surface area is 120 Å². The summed E-state index contributed by atoms with van der Waals surface area (Å²) >= 11 is 3.23. The Morgan fingerprint density at radius 2 is 2.16 bits per heavy atom. The Hall–Kier alpha value is -1.14. The minimum Gasteiger partial charge on any atom is -0.392 e. The molecule has 6 heteroatoms. The van der Waals surface area contributed by atoms with Crippen molar-refractivity contribution in [2.24, 2.45) is 0 Å². The first-order valence-corrected chi connectivity index (χ1v) is 6.90. The zero-order valence-electron chi connectivity index (χ0n) is 10.9. The first-order chi connectivity index (χ1) is 8.92. The van der Waals surface area contributed by atoms with Crippen LogP contribution in [0.3, 0.4) is 0 Å². The summed E-state index contributed by atoms with van der Waals surface area (Å²) in [5, 5.41) is 14.4. The third-order valence-corrected chi connectivity index (χ3v) is 3.02. The molecule has 1 aromatic rings. The lowest BCUT2D eigenvalue weighted by molar-refractivity contribution is 0.186. The van der Waals surface area contributed by atoms with Crippen LogP contribution < -0.4 is 10.6 Å². The summed E-state index contributed by atoms with van der Waals surface area (Å²) in [4.78, 5) is 11.6. The molecule has 106 valence electrons. The summed E-state index contributed by atoms with van der Waals surface area (Å²) in [6, 6.07) is 3.87. The van der Waals surface area contributed by atoms with Crippen LogP contribution in [0.25, 0.3) is 0 Å². The van der Waals surface area contributed by atoms with E-state index in [1.54, 1.807) is 13.0 Å². The highest BCUT2D eigenvalue weighted by Crippen LogP contribution is 2.22. The molecule has 4 nitrogen and oxygen atoms in total. The molecule has 0 unspecified atom stereocenters. The van der Waals surface area contributed by atoms with Gasteiger partial charge in [0.2, 0.25) is 0 Å². The zero-order chi connectivity index (χ0) is 14.4. The van der Waals surface area contributed by atoms with E-state index in [0.29, 0.717) is 16.5 Å². The molecule has 2 amide bonds. The second-order valence-corrected chi connectivity index (χ2v) is 5.28. The minimum atomic E-state index is -0.603. The van der Waals surface area contributed by atoms with Gasteiger partial charge in [0.25, 0.3) is 0 Å². The number of halogens is 2. The van der Waals surface area contributed by atoms with Gasteiger partial charge in [-0.2, -0.15) is 0 Å². The summed E-state index contributed by atoms with van der Waals surface area (Å²) < 4.78 is 14.0. The molecule has 19 heavy (non-hydrogen) atoms. The zero-order valence-corrected chi connectivity index (χ0v) is 12.5. The number of carbonyl (C=O) groups excluding carboxylic acids is 1. The molecule has 0 fully saturated rings. The van der Waals surface area contributed by atoms with Crippen molar-refractivity contribution in [3.05, 3.63) is 34.1 Å². The van der Waals surface area contributed by atoms with E-state index in [2.05, 4.69) is 26.6 Å². The van der Waals surface area contributed by atoms with Crippen LogP contribution in [0.2, 0.25) is 0 Å². The number of hydrogen-bond acceptors (Lipinski definition) is 2. The SMILES string of the molecule is CC[C@H](NC(=O)NC[C@@H](C)O)c1cc(F)cc(Br)c1. The van der Waals surface area contributed by atoms with Crippen LogP contribution >= 0.6 is 15.9 Å². The van der Waals surface area contributed by atoms with Gasteiger partial charge in [-0.25, -0.2) is 9.18 Å². The van der Waals surface area contributed by atoms with E-state index >= 15 is 0 Å². The second kappa shape index (κ2) is 7.45. The van der Waals surface area contributed by atoms with Crippen LogP contribution in [0.5, 0.6) is 0 Å². The van der Waals surface area contributed by atoms with Gasteiger partial charge in [0, 0.05) is 11.0 Å². The van der Waals surface area contributed by atoms with Gasteiger partial charge in [-0.1, -0.05) is 22.9 Å². The average Bonchev–Trinajstić information content (AvgIpc) is 2.32. The quantitative estimate of drug-likeness (QED) is 0.776. The van der Waals surface area contributed by atoms with Gasteiger partial charge >= 0.3 is 6.03 Å². The summed E-state index contributed by atoms with van der Waals surface area (Å²) in [7, 11) is 0. The van der Waals surface area contributed by atoms with Crippen LogP contribution in [0.4, 0.5) is 9.18 Å². The van der Waals surface area contributed by atoms with E-state index in [-0.39, 0.29) is 24.4 Å². The highest BCUT2D eigenvalue weighted by molar-refractivity contribution is 9.10. The molecule has 3 N–H and O–H groups in total. The molecule has 0 bridgehead atoms. The van der Waals surface area contributed by atoms with Crippen molar-refractivity contribution >= 4 is 22.0 Å². The lowest BCUT2D eigenvalue weighted by Gasteiger charge is -2.18. The van der Waals surface area contributed by atoms with Crippen LogP contribution in [0, 0.1) is 5.82 Å². The van der Waals surface area contributed by atoms with E-state index in [0.717, 1.165) is 0 Å². The van der Waals surface area contributed by atoms with E-state index in [1.807, 2.05) is 6.92 Å². The van der Waals surface area contributed by atoms with Gasteiger partial charge in [0.1, 0.15) is 5.82 Å². The predicted molar refractivity (Wildman–Crippen MR) is 75.3 cm³/mol. The van der Waals surface area contributed by atoms with Crippen molar-refractivity contribution in [1.82, 2.24) is 10.6 Å². The van der Waals surface area contributed by atoms with E-state index in [4.69, 9.17) is 5.11 Å². The molecule has 0 saturated carbocycles. The topological polar surface area (TPSA) is 61.4 Å². The van der Waals surface area contributed by atoms with Gasteiger partial charge in [-0.15, -0.1) is 0 Å². The molecule has 1 rings (SSSR count).